The molecule has 0 saturated carbocycles. The van der Waals surface area contributed by atoms with Crippen molar-refractivity contribution in [1.82, 2.24) is 14.7 Å². The van der Waals surface area contributed by atoms with Gasteiger partial charge in [0.2, 0.25) is 0 Å². The molecule has 0 aliphatic rings. The molecule has 1 rings (SSSR count). The lowest BCUT2D eigenvalue weighted by molar-refractivity contribution is 0.140. The Balaban J connectivity index is 2.89. The van der Waals surface area contributed by atoms with Gasteiger partial charge in [0, 0.05) is 31.4 Å². The monoisotopic (exact) mass is 266 g/mol. The van der Waals surface area contributed by atoms with Gasteiger partial charge in [0.05, 0.1) is 5.69 Å². The summed E-state index contributed by atoms with van der Waals surface area (Å²) in [6.07, 6.45) is 3.29. The fraction of sp³-hybridized carbons (Fsp3) is 0.800. The molecule has 2 N–H and O–H groups in total. The molecule has 1 atom stereocenters. The van der Waals surface area contributed by atoms with Gasteiger partial charge in [0.25, 0.3) is 0 Å². The lowest BCUT2D eigenvalue weighted by Gasteiger charge is -2.35. The highest BCUT2D eigenvalue weighted by molar-refractivity contribution is 5.19. The van der Waals surface area contributed by atoms with Crippen LogP contribution in [0.1, 0.15) is 51.4 Å². The number of aromatic nitrogens is 2. The Morgan fingerprint density at radius 3 is 2.53 bits per heavy atom. The summed E-state index contributed by atoms with van der Waals surface area (Å²) >= 11 is 0. The average Bonchev–Trinajstić information content (AvgIpc) is 2.67. The number of nitrogens with zero attached hydrogens (tertiary/aromatic N) is 3. The zero-order valence-corrected chi connectivity index (χ0v) is 13.4. The number of rotatable bonds is 7. The molecule has 0 amide bonds. The summed E-state index contributed by atoms with van der Waals surface area (Å²) in [5.41, 5.74) is 8.48. The minimum Gasteiger partial charge on any atom is -0.330 e. The van der Waals surface area contributed by atoms with Crippen LogP contribution in [0, 0.1) is 12.3 Å². The Bertz CT molecular complexity index is 395. The summed E-state index contributed by atoms with van der Waals surface area (Å²) in [5, 5.41) is 4.46. The third kappa shape index (κ3) is 4.32. The van der Waals surface area contributed by atoms with E-state index in [1.54, 1.807) is 0 Å². The van der Waals surface area contributed by atoms with E-state index < -0.39 is 0 Å². The van der Waals surface area contributed by atoms with Crippen LogP contribution in [0.15, 0.2) is 6.20 Å². The van der Waals surface area contributed by atoms with Crippen molar-refractivity contribution in [3.63, 3.8) is 0 Å². The standard InChI is InChI=1S/C15H30N4/c1-7-8-19(11-15(4,5)10-16)13(3)14-9-18(6)17-12(14)2/h9,13H,7-8,10-11,16H2,1-6H3. The number of nitrogens with two attached hydrogens (primary N) is 1. The maximum atomic E-state index is 5.88. The van der Waals surface area contributed by atoms with Crippen LogP contribution < -0.4 is 5.73 Å². The van der Waals surface area contributed by atoms with Gasteiger partial charge in [-0.3, -0.25) is 9.58 Å². The fourth-order valence-electron chi connectivity index (χ4n) is 2.54. The molecule has 0 aromatic carbocycles. The largest absolute Gasteiger partial charge is 0.330 e. The lowest BCUT2D eigenvalue weighted by atomic mass is 9.91. The predicted octanol–water partition coefficient (Wildman–Crippen LogP) is 2.49. The van der Waals surface area contributed by atoms with E-state index in [2.05, 4.69) is 50.8 Å². The van der Waals surface area contributed by atoms with Gasteiger partial charge < -0.3 is 5.73 Å². The van der Waals surface area contributed by atoms with E-state index in [1.165, 1.54) is 5.56 Å². The molecule has 1 aromatic rings. The van der Waals surface area contributed by atoms with Gasteiger partial charge in [0.1, 0.15) is 0 Å². The minimum atomic E-state index is 0.152. The molecule has 0 bridgehead atoms. The van der Waals surface area contributed by atoms with E-state index in [9.17, 15) is 0 Å². The van der Waals surface area contributed by atoms with Crippen LogP contribution in [0.5, 0.6) is 0 Å². The molecule has 1 heterocycles. The molecule has 0 aliphatic carbocycles. The molecular formula is C15H30N4. The van der Waals surface area contributed by atoms with E-state index >= 15 is 0 Å². The van der Waals surface area contributed by atoms with Crippen LogP contribution >= 0.6 is 0 Å². The van der Waals surface area contributed by atoms with E-state index in [1.807, 2.05) is 11.7 Å². The first-order valence-electron chi connectivity index (χ1n) is 7.25. The van der Waals surface area contributed by atoms with Crippen molar-refractivity contribution in [1.29, 1.82) is 0 Å². The van der Waals surface area contributed by atoms with Crippen molar-refractivity contribution in [3.8, 4) is 0 Å². The first-order valence-corrected chi connectivity index (χ1v) is 7.25. The van der Waals surface area contributed by atoms with Crippen molar-refractivity contribution in [2.75, 3.05) is 19.6 Å². The van der Waals surface area contributed by atoms with E-state index in [0.717, 1.165) is 25.2 Å². The van der Waals surface area contributed by atoms with E-state index in [0.29, 0.717) is 12.6 Å². The SMILES string of the molecule is CCCN(CC(C)(C)CN)C(C)c1cn(C)nc1C. The van der Waals surface area contributed by atoms with Crippen molar-refractivity contribution in [2.45, 2.75) is 47.1 Å². The Morgan fingerprint density at radius 1 is 1.47 bits per heavy atom. The van der Waals surface area contributed by atoms with Crippen LogP contribution in [0.2, 0.25) is 0 Å². The molecule has 19 heavy (non-hydrogen) atoms. The minimum absolute atomic E-state index is 0.152. The smallest absolute Gasteiger partial charge is 0.0641 e. The third-order valence-electron chi connectivity index (χ3n) is 3.74. The highest BCUT2D eigenvalue weighted by atomic mass is 15.3. The molecular weight excluding hydrogens is 236 g/mol. The van der Waals surface area contributed by atoms with Crippen molar-refractivity contribution >= 4 is 0 Å². The molecule has 0 spiro atoms. The molecule has 1 aromatic heterocycles. The summed E-state index contributed by atoms with van der Waals surface area (Å²) in [6.45, 7) is 13.9. The van der Waals surface area contributed by atoms with Crippen LogP contribution in [-0.2, 0) is 7.05 Å². The van der Waals surface area contributed by atoms with Crippen LogP contribution in [-0.4, -0.2) is 34.3 Å². The van der Waals surface area contributed by atoms with E-state index in [-0.39, 0.29) is 5.41 Å². The highest BCUT2D eigenvalue weighted by Crippen LogP contribution is 2.26. The maximum absolute atomic E-state index is 5.88. The topological polar surface area (TPSA) is 47.1 Å². The fourth-order valence-corrected chi connectivity index (χ4v) is 2.54. The normalized spacial score (nSPS) is 14.1. The number of hydrogen-bond donors (Lipinski definition) is 1. The number of hydrogen-bond acceptors (Lipinski definition) is 3. The van der Waals surface area contributed by atoms with Gasteiger partial charge in [-0.2, -0.15) is 5.10 Å². The Morgan fingerprint density at radius 2 is 2.11 bits per heavy atom. The Labute approximate surface area is 118 Å². The van der Waals surface area contributed by atoms with E-state index in [4.69, 9.17) is 5.73 Å². The third-order valence-corrected chi connectivity index (χ3v) is 3.74. The first kappa shape index (κ1) is 16.2. The molecule has 0 saturated heterocycles. The summed E-state index contributed by atoms with van der Waals surface area (Å²) in [7, 11) is 1.98. The molecule has 0 fully saturated rings. The quantitative estimate of drug-likeness (QED) is 0.825. The van der Waals surface area contributed by atoms with Crippen LogP contribution in [0.4, 0.5) is 0 Å². The number of aryl methyl sites for hydroxylation is 2. The van der Waals surface area contributed by atoms with Crippen molar-refractivity contribution in [2.24, 2.45) is 18.2 Å². The summed E-state index contributed by atoms with van der Waals surface area (Å²) in [4.78, 5) is 2.52. The van der Waals surface area contributed by atoms with Crippen molar-refractivity contribution < 1.29 is 0 Å². The molecule has 0 aliphatic heterocycles. The van der Waals surface area contributed by atoms with Gasteiger partial charge in [-0.1, -0.05) is 20.8 Å². The molecule has 0 radical (unpaired) electrons. The van der Waals surface area contributed by atoms with Gasteiger partial charge in [-0.05, 0) is 38.8 Å². The first-order chi connectivity index (χ1) is 8.80. The van der Waals surface area contributed by atoms with Gasteiger partial charge >= 0.3 is 0 Å². The van der Waals surface area contributed by atoms with Crippen LogP contribution in [0.3, 0.4) is 0 Å². The molecule has 4 nitrogen and oxygen atoms in total. The highest BCUT2D eigenvalue weighted by Gasteiger charge is 2.25. The Kier molecular flexibility index (Phi) is 5.56. The molecule has 1 unspecified atom stereocenters. The van der Waals surface area contributed by atoms with Gasteiger partial charge in [-0.25, -0.2) is 0 Å². The second-order valence-corrected chi connectivity index (χ2v) is 6.36. The molecule has 110 valence electrons. The van der Waals surface area contributed by atoms with Crippen molar-refractivity contribution in [3.05, 3.63) is 17.5 Å². The maximum Gasteiger partial charge on any atom is 0.0641 e. The second-order valence-electron chi connectivity index (χ2n) is 6.36. The lowest BCUT2D eigenvalue weighted by Crippen LogP contribution is -2.40. The predicted molar refractivity (Wildman–Crippen MR) is 81.1 cm³/mol. The zero-order chi connectivity index (χ0) is 14.6. The summed E-state index contributed by atoms with van der Waals surface area (Å²) in [5.74, 6) is 0. The van der Waals surface area contributed by atoms with Gasteiger partial charge in [-0.15, -0.1) is 0 Å². The summed E-state index contributed by atoms with van der Waals surface area (Å²) in [6, 6.07) is 0.388. The Hall–Kier alpha value is -0.870. The van der Waals surface area contributed by atoms with Crippen LogP contribution in [0.25, 0.3) is 0 Å². The average molecular weight is 266 g/mol. The zero-order valence-electron chi connectivity index (χ0n) is 13.4. The second kappa shape index (κ2) is 6.53. The molecule has 4 heteroatoms. The van der Waals surface area contributed by atoms with Gasteiger partial charge in [0.15, 0.2) is 0 Å². The summed E-state index contributed by atoms with van der Waals surface area (Å²) < 4.78 is 1.90.